The molecule has 1 aromatic heterocycles. The smallest absolute Gasteiger partial charge is 0.281 e. The highest BCUT2D eigenvalue weighted by molar-refractivity contribution is 7.88. The first-order chi connectivity index (χ1) is 4.93. The average Bonchev–Trinajstić information content (AvgIpc) is 2.11. The molecular formula is C6H8O3S2. The Kier molecular flexibility index (Phi) is 2.04. The minimum atomic E-state index is -3.99. The van der Waals surface area contributed by atoms with Crippen molar-refractivity contribution < 1.29 is 13.0 Å². The van der Waals surface area contributed by atoms with E-state index in [-0.39, 0.29) is 4.21 Å². The van der Waals surface area contributed by atoms with E-state index in [1.54, 1.807) is 19.2 Å². The van der Waals surface area contributed by atoms with Crippen molar-refractivity contribution in [3.8, 4) is 0 Å². The topological polar surface area (TPSA) is 54.4 Å². The van der Waals surface area contributed by atoms with Gasteiger partial charge in [0, 0.05) is 0 Å². The molecule has 0 amide bonds. The van der Waals surface area contributed by atoms with Crippen LogP contribution in [0.5, 0.6) is 0 Å². The second-order valence-corrected chi connectivity index (χ2v) is 4.80. The molecular weight excluding hydrogens is 184 g/mol. The highest BCUT2D eigenvalue weighted by Crippen LogP contribution is 2.25. The minimum Gasteiger partial charge on any atom is -0.281 e. The molecule has 0 aromatic carbocycles. The largest absolute Gasteiger partial charge is 0.304 e. The van der Waals surface area contributed by atoms with Gasteiger partial charge in [0.1, 0.15) is 4.21 Å². The van der Waals surface area contributed by atoms with Gasteiger partial charge in [-0.05, 0) is 30.4 Å². The number of aryl methyl sites for hydroxylation is 1. The predicted molar refractivity (Wildman–Crippen MR) is 43.6 cm³/mol. The van der Waals surface area contributed by atoms with Crippen molar-refractivity contribution in [2.24, 2.45) is 0 Å². The molecule has 0 bridgehead atoms. The van der Waals surface area contributed by atoms with Crippen molar-refractivity contribution in [1.82, 2.24) is 0 Å². The Morgan fingerprint density at radius 3 is 2.18 bits per heavy atom. The van der Waals surface area contributed by atoms with Gasteiger partial charge in [-0.3, -0.25) is 4.55 Å². The molecule has 0 spiro atoms. The van der Waals surface area contributed by atoms with Gasteiger partial charge in [-0.25, -0.2) is 0 Å². The van der Waals surface area contributed by atoms with Crippen molar-refractivity contribution in [2.75, 3.05) is 0 Å². The molecule has 11 heavy (non-hydrogen) atoms. The number of rotatable bonds is 1. The molecule has 1 heterocycles. The monoisotopic (exact) mass is 192 g/mol. The fourth-order valence-corrected chi connectivity index (χ4v) is 2.71. The summed E-state index contributed by atoms with van der Waals surface area (Å²) in [5, 5.41) is 1.71. The second-order valence-electron chi connectivity index (χ2n) is 2.31. The quantitative estimate of drug-likeness (QED) is 0.688. The van der Waals surface area contributed by atoms with Crippen LogP contribution < -0.4 is 0 Å². The van der Waals surface area contributed by atoms with E-state index < -0.39 is 10.1 Å². The van der Waals surface area contributed by atoms with Gasteiger partial charge in [0.25, 0.3) is 0 Å². The van der Waals surface area contributed by atoms with Crippen molar-refractivity contribution in [2.45, 2.75) is 18.1 Å². The molecule has 0 unspecified atom stereocenters. The van der Waals surface area contributed by atoms with Crippen LogP contribution in [-0.2, 0) is 10.1 Å². The summed E-state index contributed by atoms with van der Waals surface area (Å²) in [7, 11) is -3.99. The van der Waals surface area contributed by atoms with Crippen molar-refractivity contribution in [3.63, 3.8) is 0 Å². The molecule has 0 atom stereocenters. The number of hydrogen-bond donors (Lipinski definition) is 1. The predicted octanol–water partition coefficient (Wildman–Crippen LogP) is 1.61. The molecule has 3 nitrogen and oxygen atoms in total. The van der Waals surface area contributed by atoms with Gasteiger partial charge in [0.05, 0.1) is 0 Å². The Morgan fingerprint density at radius 2 is 2.00 bits per heavy atom. The molecule has 0 aliphatic carbocycles. The van der Waals surface area contributed by atoms with Gasteiger partial charge in [0.2, 0.25) is 0 Å². The van der Waals surface area contributed by atoms with Crippen LogP contribution in [0.25, 0.3) is 0 Å². The normalized spacial score (nSPS) is 11.9. The van der Waals surface area contributed by atoms with Crippen LogP contribution in [0.3, 0.4) is 0 Å². The summed E-state index contributed by atoms with van der Waals surface area (Å²) in [5.41, 5.74) is 1.53. The maximum absolute atomic E-state index is 10.6. The summed E-state index contributed by atoms with van der Waals surface area (Å²) in [6.07, 6.45) is 0. The lowest BCUT2D eigenvalue weighted by Gasteiger charge is -1.93. The lowest BCUT2D eigenvalue weighted by molar-refractivity contribution is 0.485. The Morgan fingerprint density at radius 1 is 1.45 bits per heavy atom. The fraction of sp³-hybridized carbons (Fsp3) is 0.333. The molecule has 0 saturated heterocycles. The van der Waals surface area contributed by atoms with Crippen LogP contribution in [0.2, 0.25) is 0 Å². The third kappa shape index (κ3) is 1.61. The van der Waals surface area contributed by atoms with Gasteiger partial charge >= 0.3 is 10.1 Å². The molecule has 1 N–H and O–H groups in total. The summed E-state index contributed by atoms with van der Waals surface area (Å²) in [6.45, 7) is 3.48. The summed E-state index contributed by atoms with van der Waals surface area (Å²) in [6, 6.07) is 0. The Balaban J connectivity index is 3.38. The second kappa shape index (κ2) is 2.58. The van der Waals surface area contributed by atoms with Crippen molar-refractivity contribution in [3.05, 3.63) is 16.5 Å². The van der Waals surface area contributed by atoms with E-state index in [4.69, 9.17) is 4.55 Å². The summed E-state index contributed by atoms with van der Waals surface area (Å²) in [5.74, 6) is 0. The van der Waals surface area contributed by atoms with E-state index in [0.717, 1.165) is 16.9 Å². The third-order valence-electron chi connectivity index (χ3n) is 1.47. The fourth-order valence-electron chi connectivity index (χ4n) is 0.734. The summed E-state index contributed by atoms with van der Waals surface area (Å²) in [4.78, 5) is 0. The van der Waals surface area contributed by atoms with E-state index in [0.29, 0.717) is 5.56 Å². The maximum Gasteiger partial charge on any atom is 0.304 e. The van der Waals surface area contributed by atoms with Gasteiger partial charge < -0.3 is 0 Å². The van der Waals surface area contributed by atoms with Crippen molar-refractivity contribution in [1.29, 1.82) is 0 Å². The highest BCUT2D eigenvalue weighted by atomic mass is 32.3. The lowest BCUT2D eigenvalue weighted by Crippen LogP contribution is -1.96. The molecule has 1 rings (SSSR count). The first kappa shape index (κ1) is 8.70. The van der Waals surface area contributed by atoms with E-state index in [9.17, 15) is 8.42 Å². The molecule has 0 aliphatic rings. The molecule has 0 radical (unpaired) electrons. The SMILES string of the molecule is Cc1csc(S(=O)(=O)O)c1C. The summed E-state index contributed by atoms with van der Waals surface area (Å²) < 4.78 is 30.0. The van der Waals surface area contributed by atoms with Crippen LogP contribution in [0.15, 0.2) is 9.59 Å². The molecule has 0 saturated carbocycles. The van der Waals surface area contributed by atoms with E-state index in [1.807, 2.05) is 0 Å². The van der Waals surface area contributed by atoms with Gasteiger partial charge in [-0.1, -0.05) is 0 Å². The van der Waals surface area contributed by atoms with Gasteiger partial charge in [-0.2, -0.15) is 8.42 Å². The lowest BCUT2D eigenvalue weighted by atomic mass is 10.2. The first-order valence-corrected chi connectivity index (χ1v) is 5.27. The zero-order chi connectivity index (χ0) is 8.65. The number of thiophene rings is 1. The number of hydrogen-bond acceptors (Lipinski definition) is 3. The average molecular weight is 192 g/mol. The van der Waals surface area contributed by atoms with Gasteiger partial charge in [0.15, 0.2) is 0 Å². The van der Waals surface area contributed by atoms with E-state index in [1.165, 1.54) is 0 Å². The Bertz CT molecular complexity index is 361. The van der Waals surface area contributed by atoms with Crippen LogP contribution in [0, 0.1) is 13.8 Å². The molecule has 0 fully saturated rings. The highest BCUT2D eigenvalue weighted by Gasteiger charge is 2.15. The minimum absolute atomic E-state index is 0.0509. The van der Waals surface area contributed by atoms with Crippen LogP contribution in [0.1, 0.15) is 11.1 Å². The molecule has 1 aromatic rings. The maximum atomic E-state index is 10.6. The van der Waals surface area contributed by atoms with E-state index in [2.05, 4.69) is 0 Å². The molecule has 0 aliphatic heterocycles. The third-order valence-corrected chi connectivity index (χ3v) is 4.16. The molecule has 62 valence electrons. The Hall–Kier alpha value is -0.390. The van der Waals surface area contributed by atoms with Crippen LogP contribution >= 0.6 is 11.3 Å². The van der Waals surface area contributed by atoms with E-state index >= 15 is 0 Å². The van der Waals surface area contributed by atoms with Crippen LogP contribution in [-0.4, -0.2) is 13.0 Å². The van der Waals surface area contributed by atoms with Crippen molar-refractivity contribution >= 4 is 21.5 Å². The first-order valence-electron chi connectivity index (χ1n) is 2.95. The Labute approximate surface area is 69.4 Å². The van der Waals surface area contributed by atoms with Crippen LogP contribution in [0.4, 0.5) is 0 Å². The summed E-state index contributed by atoms with van der Waals surface area (Å²) >= 11 is 1.05. The van der Waals surface area contributed by atoms with Gasteiger partial charge in [-0.15, -0.1) is 11.3 Å². The zero-order valence-electron chi connectivity index (χ0n) is 6.16. The molecule has 5 heteroatoms. The standard InChI is InChI=1S/C6H8O3S2/c1-4-3-10-6(5(4)2)11(7,8)9/h3H,1-2H3,(H,7,8,9). The zero-order valence-corrected chi connectivity index (χ0v) is 7.79.